The Labute approximate surface area is 123 Å². The molecule has 2 rings (SSSR count). The van der Waals surface area contributed by atoms with Crippen LogP contribution in [-0.2, 0) is 6.42 Å². The minimum absolute atomic E-state index is 0.0404. The molecule has 0 amide bonds. The van der Waals surface area contributed by atoms with Gasteiger partial charge in [0, 0.05) is 5.02 Å². The molecule has 2 aromatic rings. The number of nitrogens with zero attached hydrogens (tertiary/aromatic N) is 1. The summed E-state index contributed by atoms with van der Waals surface area (Å²) in [6.45, 7) is 1.98. The van der Waals surface area contributed by atoms with Gasteiger partial charge in [-0.3, -0.25) is 0 Å². The summed E-state index contributed by atoms with van der Waals surface area (Å²) in [5.41, 5.74) is 0.945. The SMILES string of the molecule is CCc1cc(Oc2nc(Cl)c(C(=O)O)s2)ccc1Cl. The van der Waals surface area contributed by atoms with Crippen LogP contribution in [0.15, 0.2) is 18.2 Å². The molecule has 0 bridgehead atoms. The van der Waals surface area contributed by atoms with Crippen molar-refractivity contribution < 1.29 is 14.6 Å². The third-order valence-electron chi connectivity index (χ3n) is 2.36. The van der Waals surface area contributed by atoms with E-state index in [0.717, 1.165) is 23.3 Å². The highest BCUT2D eigenvalue weighted by atomic mass is 35.5. The number of carbonyl (C=O) groups is 1. The zero-order valence-corrected chi connectivity index (χ0v) is 12.1. The van der Waals surface area contributed by atoms with Gasteiger partial charge in [-0.1, -0.05) is 41.5 Å². The number of thiazole rings is 1. The number of aromatic carboxylic acids is 1. The highest BCUT2D eigenvalue weighted by molar-refractivity contribution is 7.15. The van der Waals surface area contributed by atoms with E-state index in [9.17, 15) is 4.79 Å². The molecule has 0 radical (unpaired) electrons. The topological polar surface area (TPSA) is 59.4 Å². The molecule has 0 saturated heterocycles. The van der Waals surface area contributed by atoms with E-state index < -0.39 is 5.97 Å². The first-order valence-corrected chi connectivity index (χ1v) is 6.94. The number of aromatic nitrogens is 1. The summed E-state index contributed by atoms with van der Waals surface area (Å²) in [4.78, 5) is 14.7. The molecule has 1 N–H and O–H groups in total. The molecule has 1 aromatic heterocycles. The maximum absolute atomic E-state index is 10.8. The van der Waals surface area contributed by atoms with Crippen molar-refractivity contribution in [1.82, 2.24) is 4.98 Å². The molecule has 0 aliphatic rings. The van der Waals surface area contributed by atoms with Crippen molar-refractivity contribution >= 4 is 40.5 Å². The molecule has 0 saturated carbocycles. The number of halogens is 2. The number of benzene rings is 1. The lowest BCUT2D eigenvalue weighted by molar-refractivity contribution is 0.0702. The summed E-state index contributed by atoms with van der Waals surface area (Å²) in [6, 6.07) is 5.21. The summed E-state index contributed by atoms with van der Waals surface area (Å²) >= 11 is 12.6. The Kier molecular flexibility index (Phi) is 4.29. The zero-order chi connectivity index (χ0) is 14.0. The Morgan fingerprint density at radius 3 is 2.79 bits per heavy atom. The molecule has 4 nitrogen and oxygen atoms in total. The normalized spacial score (nSPS) is 10.5. The molecule has 0 spiro atoms. The van der Waals surface area contributed by atoms with Crippen LogP contribution < -0.4 is 4.74 Å². The zero-order valence-electron chi connectivity index (χ0n) is 9.81. The van der Waals surface area contributed by atoms with Crippen molar-refractivity contribution in [3.05, 3.63) is 38.8 Å². The summed E-state index contributed by atoms with van der Waals surface area (Å²) in [5.74, 6) is -0.577. The number of aryl methyl sites for hydroxylation is 1. The first-order valence-electron chi connectivity index (χ1n) is 5.37. The van der Waals surface area contributed by atoms with Gasteiger partial charge in [0.1, 0.15) is 5.75 Å². The third-order valence-corrected chi connectivity index (χ3v) is 4.04. The molecule has 0 aliphatic heterocycles. The molecule has 1 heterocycles. The molecule has 0 fully saturated rings. The van der Waals surface area contributed by atoms with Crippen LogP contribution in [0.5, 0.6) is 10.9 Å². The van der Waals surface area contributed by atoms with Gasteiger partial charge < -0.3 is 9.84 Å². The highest BCUT2D eigenvalue weighted by Crippen LogP contribution is 2.33. The first kappa shape index (κ1) is 14.1. The van der Waals surface area contributed by atoms with Crippen molar-refractivity contribution in [3.63, 3.8) is 0 Å². The van der Waals surface area contributed by atoms with Gasteiger partial charge in [-0.2, -0.15) is 4.98 Å². The minimum Gasteiger partial charge on any atom is -0.477 e. The molecular formula is C12H9Cl2NO3S. The van der Waals surface area contributed by atoms with Gasteiger partial charge in [-0.25, -0.2) is 4.79 Å². The summed E-state index contributed by atoms with van der Waals surface area (Å²) in [5, 5.41) is 9.66. The van der Waals surface area contributed by atoms with Gasteiger partial charge in [0.2, 0.25) is 0 Å². The van der Waals surface area contributed by atoms with E-state index >= 15 is 0 Å². The Morgan fingerprint density at radius 1 is 1.47 bits per heavy atom. The van der Waals surface area contributed by atoms with Crippen LogP contribution in [-0.4, -0.2) is 16.1 Å². The van der Waals surface area contributed by atoms with Crippen LogP contribution in [0, 0.1) is 0 Å². The van der Waals surface area contributed by atoms with E-state index in [-0.39, 0.29) is 15.2 Å². The van der Waals surface area contributed by atoms with E-state index in [1.807, 2.05) is 6.92 Å². The monoisotopic (exact) mass is 317 g/mol. The fraction of sp³-hybridized carbons (Fsp3) is 0.167. The van der Waals surface area contributed by atoms with Gasteiger partial charge in [0.15, 0.2) is 10.0 Å². The maximum atomic E-state index is 10.8. The van der Waals surface area contributed by atoms with Crippen LogP contribution in [0.2, 0.25) is 10.2 Å². The van der Waals surface area contributed by atoms with E-state index in [1.54, 1.807) is 18.2 Å². The van der Waals surface area contributed by atoms with Crippen molar-refractivity contribution in [1.29, 1.82) is 0 Å². The second kappa shape index (κ2) is 5.77. The average molecular weight is 318 g/mol. The van der Waals surface area contributed by atoms with Gasteiger partial charge in [-0.05, 0) is 30.2 Å². The molecule has 19 heavy (non-hydrogen) atoms. The first-order chi connectivity index (χ1) is 9.01. The Bertz CT molecular complexity index is 627. The van der Waals surface area contributed by atoms with Crippen LogP contribution in [0.3, 0.4) is 0 Å². The van der Waals surface area contributed by atoms with Crippen molar-refractivity contribution in [3.8, 4) is 10.9 Å². The molecule has 0 unspecified atom stereocenters. The number of rotatable bonds is 4. The van der Waals surface area contributed by atoms with Crippen molar-refractivity contribution in [2.45, 2.75) is 13.3 Å². The van der Waals surface area contributed by atoms with E-state index in [0.29, 0.717) is 10.8 Å². The molecule has 100 valence electrons. The molecule has 7 heteroatoms. The Hall–Kier alpha value is -1.30. The highest BCUT2D eigenvalue weighted by Gasteiger charge is 2.17. The number of ether oxygens (including phenoxy) is 1. The summed E-state index contributed by atoms with van der Waals surface area (Å²) in [7, 11) is 0. The maximum Gasteiger partial charge on any atom is 0.349 e. The standard InChI is InChI=1S/C12H9Cl2NO3S/c1-2-6-5-7(3-4-8(6)13)18-12-15-10(14)9(19-12)11(16)17/h3-5H,2H2,1H3,(H,16,17). The van der Waals surface area contributed by atoms with Gasteiger partial charge in [0.25, 0.3) is 5.19 Å². The minimum atomic E-state index is -1.12. The third kappa shape index (κ3) is 3.18. The Morgan fingerprint density at radius 2 is 2.21 bits per heavy atom. The fourth-order valence-corrected chi connectivity index (χ4v) is 2.69. The van der Waals surface area contributed by atoms with Crippen molar-refractivity contribution in [2.75, 3.05) is 0 Å². The number of hydrogen-bond donors (Lipinski definition) is 1. The number of hydrogen-bond acceptors (Lipinski definition) is 4. The summed E-state index contributed by atoms with van der Waals surface area (Å²) in [6.07, 6.45) is 0.773. The lowest BCUT2D eigenvalue weighted by atomic mass is 10.2. The molecule has 0 atom stereocenters. The second-order valence-electron chi connectivity index (χ2n) is 3.61. The lowest BCUT2D eigenvalue weighted by Crippen LogP contribution is -1.91. The van der Waals surface area contributed by atoms with Crippen LogP contribution in [0.1, 0.15) is 22.2 Å². The summed E-state index contributed by atoms with van der Waals surface area (Å²) < 4.78 is 5.49. The van der Waals surface area contributed by atoms with Crippen LogP contribution in [0.25, 0.3) is 0 Å². The van der Waals surface area contributed by atoms with E-state index in [1.165, 1.54) is 0 Å². The molecular weight excluding hydrogens is 309 g/mol. The van der Waals surface area contributed by atoms with Crippen LogP contribution in [0.4, 0.5) is 0 Å². The quantitative estimate of drug-likeness (QED) is 0.901. The van der Waals surface area contributed by atoms with Crippen LogP contribution >= 0.6 is 34.5 Å². The molecule has 0 aliphatic carbocycles. The lowest BCUT2D eigenvalue weighted by Gasteiger charge is -2.05. The molecule has 1 aromatic carbocycles. The van der Waals surface area contributed by atoms with Gasteiger partial charge >= 0.3 is 5.97 Å². The van der Waals surface area contributed by atoms with Gasteiger partial charge in [-0.15, -0.1) is 0 Å². The number of carboxylic acid groups (broad SMARTS) is 1. The van der Waals surface area contributed by atoms with Gasteiger partial charge in [0.05, 0.1) is 0 Å². The number of carboxylic acids is 1. The largest absolute Gasteiger partial charge is 0.477 e. The Balaban J connectivity index is 2.26. The average Bonchev–Trinajstić information content (AvgIpc) is 2.73. The predicted molar refractivity (Wildman–Crippen MR) is 75.0 cm³/mol. The smallest absolute Gasteiger partial charge is 0.349 e. The second-order valence-corrected chi connectivity index (χ2v) is 5.34. The fourth-order valence-electron chi connectivity index (χ4n) is 1.45. The van der Waals surface area contributed by atoms with Crippen molar-refractivity contribution in [2.24, 2.45) is 0 Å². The van der Waals surface area contributed by atoms with E-state index in [4.69, 9.17) is 33.0 Å². The predicted octanol–water partition coefficient (Wildman–Crippen LogP) is 4.50. The van der Waals surface area contributed by atoms with E-state index in [2.05, 4.69) is 4.98 Å².